The van der Waals surface area contributed by atoms with E-state index in [1.165, 1.54) is 37.9 Å². The molecule has 0 aliphatic carbocycles. The van der Waals surface area contributed by atoms with Gasteiger partial charge in [0.25, 0.3) is 0 Å². The van der Waals surface area contributed by atoms with Gasteiger partial charge in [-0.3, -0.25) is 14.5 Å². The lowest BCUT2D eigenvalue weighted by Crippen LogP contribution is -2.52. The smallest absolute Gasteiger partial charge is 0.243 e. The number of nitrogens with one attached hydrogen (secondary N) is 3. The van der Waals surface area contributed by atoms with Crippen LogP contribution in [0.2, 0.25) is 0 Å². The Bertz CT molecular complexity index is 1240. The first-order valence-electron chi connectivity index (χ1n) is 14.8. The number of aromatic nitrogens is 1. The second-order valence-electron chi connectivity index (χ2n) is 11.1. The van der Waals surface area contributed by atoms with E-state index in [2.05, 4.69) is 50.5 Å². The molecule has 39 heavy (non-hydrogen) atoms. The Hall–Kier alpha value is -3.16. The summed E-state index contributed by atoms with van der Waals surface area (Å²) in [6.07, 6.45) is 9.51. The number of benzene rings is 2. The first-order valence-corrected chi connectivity index (χ1v) is 14.8. The van der Waals surface area contributed by atoms with Gasteiger partial charge in [-0.1, -0.05) is 55.8 Å². The maximum Gasteiger partial charge on any atom is 0.243 e. The van der Waals surface area contributed by atoms with Gasteiger partial charge < -0.3 is 20.5 Å². The third-order valence-corrected chi connectivity index (χ3v) is 8.53. The van der Waals surface area contributed by atoms with Crippen molar-refractivity contribution in [2.24, 2.45) is 0 Å². The predicted octanol–water partition coefficient (Wildman–Crippen LogP) is 4.02. The van der Waals surface area contributed by atoms with Gasteiger partial charge in [0.2, 0.25) is 11.8 Å². The first kappa shape index (κ1) is 27.4. The number of H-pyrrole nitrogens is 1. The van der Waals surface area contributed by atoms with Crippen molar-refractivity contribution >= 4 is 22.7 Å². The minimum absolute atomic E-state index is 0.0830. The maximum atomic E-state index is 13.5. The molecule has 2 amide bonds. The van der Waals surface area contributed by atoms with Crippen molar-refractivity contribution in [1.29, 1.82) is 0 Å². The molecular formula is C32H43N5O2. The van der Waals surface area contributed by atoms with Crippen LogP contribution in [0.3, 0.4) is 0 Å². The average Bonchev–Trinajstić information content (AvgIpc) is 3.39. The van der Waals surface area contributed by atoms with E-state index >= 15 is 0 Å². The molecule has 2 saturated heterocycles. The number of likely N-dealkylation sites (tertiary alicyclic amines) is 2. The van der Waals surface area contributed by atoms with Crippen LogP contribution in [0.1, 0.15) is 55.7 Å². The van der Waals surface area contributed by atoms with Gasteiger partial charge in [-0.2, -0.15) is 0 Å². The molecule has 3 N–H and O–H groups in total. The molecule has 7 nitrogen and oxygen atoms in total. The van der Waals surface area contributed by atoms with Gasteiger partial charge in [0.15, 0.2) is 0 Å². The van der Waals surface area contributed by atoms with E-state index in [0.717, 1.165) is 54.4 Å². The van der Waals surface area contributed by atoms with Crippen molar-refractivity contribution in [1.82, 2.24) is 25.4 Å². The second kappa shape index (κ2) is 13.3. The zero-order valence-corrected chi connectivity index (χ0v) is 23.3. The van der Waals surface area contributed by atoms with Crippen LogP contribution in [0.4, 0.5) is 0 Å². The molecule has 0 radical (unpaired) electrons. The van der Waals surface area contributed by atoms with Crippen molar-refractivity contribution in [3.8, 4) is 0 Å². The number of carbonyl (C=O) groups is 2. The molecule has 1 atom stereocenters. The van der Waals surface area contributed by atoms with Crippen LogP contribution in [0.5, 0.6) is 0 Å². The molecule has 5 rings (SSSR count). The van der Waals surface area contributed by atoms with Crippen molar-refractivity contribution in [3.63, 3.8) is 0 Å². The van der Waals surface area contributed by atoms with Gasteiger partial charge in [0.05, 0.1) is 6.54 Å². The van der Waals surface area contributed by atoms with Gasteiger partial charge in [-0.15, -0.1) is 0 Å². The molecule has 7 heteroatoms. The van der Waals surface area contributed by atoms with Crippen LogP contribution in [-0.2, 0) is 29.0 Å². The quantitative estimate of drug-likeness (QED) is 0.371. The van der Waals surface area contributed by atoms with Crippen LogP contribution >= 0.6 is 0 Å². The fourth-order valence-corrected chi connectivity index (χ4v) is 6.28. The SMILES string of the molecule is CCc1ccccc1CNC(=O)C(Cc1c[nH]c2ccccc12)NC(=O)CN1CCC(N2CCCCC2)CC1. The number of carbonyl (C=O) groups excluding carboxylic acids is 2. The summed E-state index contributed by atoms with van der Waals surface area (Å²) < 4.78 is 0. The standard InChI is InChI=1S/C32H43N5O2/c1-2-24-10-4-5-11-25(24)21-34-32(39)30(20-26-22-33-29-13-7-6-12-28(26)29)35-31(38)23-36-18-14-27(15-19-36)37-16-8-3-9-17-37/h4-7,10-13,22,27,30,33H,2-3,8-9,14-21,23H2,1H3,(H,34,39)(H,35,38). The van der Waals surface area contributed by atoms with Crippen LogP contribution in [-0.4, -0.2) is 71.4 Å². The molecule has 3 heterocycles. The van der Waals surface area contributed by atoms with E-state index in [4.69, 9.17) is 0 Å². The largest absolute Gasteiger partial charge is 0.361 e. The summed E-state index contributed by atoms with van der Waals surface area (Å²) >= 11 is 0. The van der Waals surface area contributed by atoms with E-state index in [9.17, 15) is 9.59 Å². The van der Waals surface area contributed by atoms with Crippen molar-refractivity contribution in [3.05, 3.63) is 71.4 Å². The molecule has 3 aromatic rings. The monoisotopic (exact) mass is 529 g/mol. The van der Waals surface area contributed by atoms with Gasteiger partial charge in [-0.05, 0) is 68.0 Å². The van der Waals surface area contributed by atoms with Crippen LogP contribution in [0.15, 0.2) is 54.7 Å². The number of para-hydroxylation sites is 1. The summed E-state index contributed by atoms with van der Waals surface area (Å²) in [5, 5.41) is 7.28. The van der Waals surface area contributed by atoms with Crippen molar-refractivity contribution in [2.75, 3.05) is 32.7 Å². The predicted molar refractivity (Wildman–Crippen MR) is 156 cm³/mol. The fourth-order valence-electron chi connectivity index (χ4n) is 6.28. The summed E-state index contributed by atoms with van der Waals surface area (Å²) in [4.78, 5) is 34.9. The lowest BCUT2D eigenvalue weighted by atomic mass is 10.00. The molecule has 0 spiro atoms. The van der Waals surface area contributed by atoms with Gasteiger partial charge >= 0.3 is 0 Å². The third kappa shape index (κ3) is 7.08. The highest BCUT2D eigenvalue weighted by Gasteiger charge is 2.28. The zero-order valence-electron chi connectivity index (χ0n) is 23.3. The Labute approximate surface area is 232 Å². The number of fused-ring (bicyclic) bond motifs is 1. The molecule has 2 fully saturated rings. The number of hydrogen-bond acceptors (Lipinski definition) is 4. The van der Waals surface area contributed by atoms with E-state index in [0.29, 0.717) is 25.6 Å². The first-order chi connectivity index (χ1) is 19.1. The number of amides is 2. The summed E-state index contributed by atoms with van der Waals surface area (Å²) in [5.74, 6) is -0.233. The molecule has 2 aliphatic rings. The Kier molecular flexibility index (Phi) is 9.32. The number of piperidine rings is 2. The van der Waals surface area contributed by atoms with Crippen LogP contribution in [0.25, 0.3) is 10.9 Å². The lowest BCUT2D eigenvalue weighted by Gasteiger charge is -2.40. The summed E-state index contributed by atoms with van der Waals surface area (Å²) in [7, 11) is 0. The number of aryl methyl sites for hydroxylation is 1. The minimum atomic E-state index is -0.642. The highest BCUT2D eigenvalue weighted by molar-refractivity contribution is 5.90. The fraction of sp³-hybridized carbons (Fsp3) is 0.500. The summed E-state index contributed by atoms with van der Waals surface area (Å²) in [6.45, 7) is 7.21. The Morgan fingerprint density at radius 3 is 2.41 bits per heavy atom. The molecule has 2 aliphatic heterocycles. The lowest BCUT2D eigenvalue weighted by molar-refractivity contribution is -0.129. The molecule has 1 unspecified atom stereocenters. The molecule has 0 bridgehead atoms. The van der Waals surface area contributed by atoms with E-state index in [1.807, 2.05) is 36.5 Å². The maximum absolute atomic E-state index is 13.5. The summed E-state index contributed by atoms with van der Waals surface area (Å²) in [5.41, 5.74) is 4.40. The highest BCUT2D eigenvalue weighted by atomic mass is 16.2. The zero-order chi connectivity index (χ0) is 27.0. The van der Waals surface area contributed by atoms with Crippen LogP contribution < -0.4 is 10.6 Å². The Morgan fingerprint density at radius 2 is 1.64 bits per heavy atom. The third-order valence-electron chi connectivity index (χ3n) is 8.53. The average molecular weight is 530 g/mol. The molecule has 208 valence electrons. The molecular weight excluding hydrogens is 486 g/mol. The number of aromatic amines is 1. The second-order valence-corrected chi connectivity index (χ2v) is 11.1. The molecule has 0 saturated carbocycles. The van der Waals surface area contributed by atoms with Gasteiger partial charge in [0.1, 0.15) is 6.04 Å². The number of hydrogen-bond donors (Lipinski definition) is 3. The Balaban J connectivity index is 1.21. The van der Waals surface area contributed by atoms with Gasteiger partial charge in [0, 0.05) is 49.2 Å². The number of rotatable bonds is 10. The van der Waals surface area contributed by atoms with E-state index < -0.39 is 6.04 Å². The Morgan fingerprint density at radius 1 is 0.923 bits per heavy atom. The highest BCUT2D eigenvalue weighted by Crippen LogP contribution is 2.21. The van der Waals surface area contributed by atoms with E-state index in [-0.39, 0.29) is 11.8 Å². The topological polar surface area (TPSA) is 80.5 Å². The number of nitrogens with zero attached hydrogens (tertiary/aromatic N) is 2. The minimum Gasteiger partial charge on any atom is -0.361 e. The normalized spacial score (nSPS) is 18.2. The van der Waals surface area contributed by atoms with Crippen molar-refractivity contribution < 1.29 is 9.59 Å². The molecule has 1 aromatic heterocycles. The van der Waals surface area contributed by atoms with E-state index in [1.54, 1.807) is 0 Å². The van der Waals surface area contributed by atoms with Crippen molar-refractivity contribution in [2.45, 2.75) is 70.5 Å². The van der Waals surface area contributed by atoms with Crippen LogP contribution in [0, 0.1) is 0 Å². The summed E-state index contributed by atoms with van der Waals surface area (Å²) in [6, 6.07) is 16.3. The van der Waals surface area contributed by atoms with Gasteiger partial charge in [-0.25, -0.2) is 0 Å². The molecule has 2 aromatic carbocycles.